The van der Waals surface area contributed by atoms with Gasteiger partial charge in [0.15, 0.2) is 0 Å². The first-order chi connectivity index (χ1) is 11.1. The van der Waals surface area contributed by atoms with Crippen LogP contribution in [-0.4, -0.2) is 18.2 Å². The molecule has 0 aromatic heterocycles. The normalized spacial score (nSPS) is 12.8. The minimum absolute atomic E-state index is 0.269. The van der Waals surface area contributed by atoms with Gasteiger partial charge in [-0.25, -0.2) is 4.79 Å². The van der Waals surface area contributed by atoms with Crippen molar-refractivity contribution in [2.24, 2.45) is 0 Å². The molecule has 0 spiro atoms. The number of nitrogens with zero attached hydrogens (tertiary/aromatic N) is 1. The Bertz CT molecular complexity index is 859. The highest BCUT2D eigenvalue weighted by Crippen LogP contribution is 2.34. The van der Waals surface area contributed by atoms with E-state index in [9.17, 15) is 15.2 Å². The molecule has 114 valence electrons. The number of methoxy groups -OCH3 is 1. The summed E-state index contributed by atoms with van der Waals surface area (Å²) in [6.07, 6.45) is 3.87. The predicted octanol–water partition coefficient (Wildman–Crippen LogP) is 3.64. The van der Waals surface area contributed by atoms with Crippen LogP contribution in [0, 0.1) is 11.3 Å². The zero-order chi connectivity index (χ0) is 16.4. The molecule has 0 atom stereocenters. The number of allylic oxidation sites excluding steroid dienone is 1. The number of carbonyl (C=O) groups is 1. The Hall–Kier alpha value is -3.06. The summed E-state index contributed by atoms with van der Waals surface area (Å²) >= 11 is 0. The summed E-state index contributed by atoms with van der Waals surface area (Å²) < 4.78 is 5.18. The first kappa shape index (κ1) is 14.9. The Morgan fingerprint density at radius 2 is 2.09 bits per heavy atom. The maximum atomic E-state index is 11.2. The van der Waals surface area contributed by atoms with Crippen LogP contribution >= 0.6 is 0 Å². The number of benzene rings is 2. The van der Waals surface area contributed by atoms with Gasteiger partial charge in [0.1, 0.15) is 11.8 Å². The number of carboxylic acids is 1. The lowest BCUT2D eigenvalue weighted by Gasteiger charge is -2.19. The third-order valence-electron chi connectivity index (χ3n) is 4.04. The van der Waals surface area contributed by atoms with Gasteiger partial charge in [0, 0.05) is 0 Å². The van der Waals surface area contributed by atoms with Gasteiger partial charge in [0.25, 0.3) is 0 Å². The number of hydrogen-bond donors (Lipinski definition) is 1. The van der Waals surface area contributed by atoms with Gasteiger partial charge in [-0.1, -0.05) is 18.2 Å². The van der Waals surface area contributed by atoms with Crippen molar-refractivity contribution in [3.8, 4) is 11.8 Å². The lowest BCUT2D eigenvalue weighted by Crippen LogP contribution is -2.05. The van der Waals surface area contributed by atoms with Gasteiger partial charge < -0.3 is 9.84 Å². The van der Waals surface area contributed by atoms with Crippen molar-refractivity contribution in [2.45, 2.75) is 12.8 Å². The second-order valence-corrected chi connectivity index (χ2v) is 5.36. The van der Waals surface area contributed by atoms with E-state index in [0.717, 1.165) is 35.1 Å². The van der Waals surface area contributed by atoms with Crippen molar-refractivity contribution in [2.75, 3.05) is 7.11 Å². The van der Waals surface area contributed by atoms with Crippen LogP contribution in [0.25, 0.3) is 5.57 Å². The highest BCUT2D eigenvalue weighted by Gasteiger charge is 2.17. The van der Waals surface area contributed by atoms with Gasteiger partial charge in [-0.05, 0) is 59.4 Å². The summed E-state index contributed by atoms with van der Waals surface area (Å²) in [4.78, 5) is 11.2. The van der Waals surface area contributed by atoms with E-state index in [2.05, 4.69) is 12.1 Å². The Morgan fingerprint density at radius 3 is 2.78 bits per heavy atom. The largest absolute Gasteiger partial charge is 0.495 e. The summed E-state index contributed by atoms with van der Waals surface area (Å²) in [6.45, 7) is 0. The molecular weight excluding hydrogens is 290 g/mol. The molecule has 0 saturated carbocycles. The predicted molar refractivity (Wildman–Crippen MR) is 86.5 cm³/mol. The van der Waals surface area contributed by atoms with E-state index < -0.39 is 5.97 Å². The van der Waals surface area contributed by atoms with Crippen LogP contribution in [-0.2, 0) is 6.42 Å². The molecule has 1 N–H and O–H groups in total. The number of fused-ring (bicyclic) bond motifs is 1. The second kappa shape index (κ2) is 5.98. The summed E-state index contributed by atoms with van der Waals surface area (Å²) in [7, 11) is 1.53. The summed E-state index contributed by atoms with van der Waals surface area (Å²) in [5.74, 6) is -0.405. The minimum Gasteiger partial charge on any atom is -0.495 e. The first-order valence-corrected chi connectivity index (χ1v) is 7.29. The maximum absolute atomic E-state index is 11.2. The van der Waals surface area contributed by atoms with Crippen LogP contribution in [0.5, 0.6) is 5.75 Å². The van der Waals surface area contributed by atoms with Crippen molar-refractivity contribution in [1.29, 1.82) is 5.26 Å². The van der Waals surface area contributed by atoms with Crippen LogP contribution in [0.3, 0.4) is 0 Å². The fraction of sp³-hybridized carbons (Fsp3) is 0.158. The molecule has 0 heterocycles. The second-order valence-electron chi connectivity index (χ2n) is 5.36. The number of ether oxygens (including phenoxy) is 1. The molecule has 3 rings (SSSR count). The monoisotopic (exact) mass is 305 g/mol. The van der Waals surface area contributed by atoms with Gasteiger partial charge in [-0.15, -0.1) is 0 Å². The van der Waals surface area contributed by atoms with Gasteiger partial charge >= 0.3 is 5.97 Å². The van der Waals surface area contributed by atoms with Gasteiger partial charge in [0.2, 0.25) is 0 Å². The lowest BCUT2D eigenvalue weighted by atomic mass is 9.85. The highest BCUT2D eigenvalue weighted by molar-refractivity contribution is 5.91. The Morgan fingerprint density at radius 1 is 1.26 bits per heavy atom. The summed E-state index contributed by atoms with van der Waals surface area (Å²) in [5.41, 5.74) is 4.64. The number of aromatic carboxylic acids is 1. The summed E-state index contributed by atoms with van der Waals surface area (Å²) in [5, 5.41) is 18.5. The molecule has 0 fully saturated rings. The highest BCUT2D eigenvalue weighted by atomic mass is 16.5. The molecule has 2 aromatic rings. The molecule has 23 heavy (non-hydrogen) atoms. The third kappa shape index (κ3) is 2.69. The molecule has 0 saturated heterocycles. The van der Waals surface area contributed by atoms with E-state index >= 15 is 0 Å². The average Bonchev–Trinajstić information content (AvgIpc) is 2.60. The lowest BCUT2D eigenvalue weighted by molar-refractivity contribution is 0.0697. The van der Waals surface area contributed by atoms with Crippen LogP contribution < -0.4 is 4.74 Å². The number of carboxylic acid groups (broad SMARTS) is 1. The Kier molecular flexibility index (Phi) is 3.86. The molecular formula is C19H15NO3. The Balaban J connectivity index is 2.12. The topological polar surface area (TPSA) is 70.3 Å². The third-order valence-corrected chi connectivity index (χ3v) is 4.04. The maximum Gasteiger partial charge on any atom is 0.335 e. The molecule has 1 aliphatic rings. The van der Waals surface area contributed by atoms with Gasteiger partial charge in [-0.2, -0.15) is 5.26 Å². The van der Waals surface area contributed by atoms with E-state index in [0.29, 0.717) is 11.3 Å². The van der Waals surface area contributed by atoms with Crippen molar-refractivity contribution < 1.29 is 14.6 Å². The molecule has 4 nitrogen and oxygen atoms in total. The number of nitriles is 1. The molecule has 0 radical (unpaired) electrons. The number of aryl methyl sites for hydroxylation is 1. The van der Waals surface area contributed by atoms with Crippen LogP contribution in [0.2, 0.25) is 0 Å². The van der Waals surface area contributed by atoms with Gasteiger partial charge in [0.05, 0.1) is 18.2 Å². The van der Waals surface area contributed by atoms with Crippen LogP contribution in [0.4, 0.5) is 0 Å². The van der Waals surface area contributed by atoms with E-state index in [4.69, 9.17) is 4.74 Å². The SMILES string of the molecule is COc1ccc(C2=CCCc3ccc(C(=O)O)cc32)cc1C#N. The zero-order valence-corrected chi connectivity index (χ0v) is 12.7. The fourth-order valence-corrected chi connectivity index (χ4v) is 2.90. The smallest absolute Gasteiger partial charge is 0.335 e. The standard InChI is InChI=1S/C19H15NO3/c1-23-18-8-7-13(9-15(18)11-20)16-4-2-3-12-5-6-14(19(21)22)10-17(12)16/h4-10H,2-3H2,1H3,(H,21,22). The van der Waals surface area contributed by atoms with Crippen LogP contribution in [0.15, 0.2) is 42.5 Å². The molecule has 0 amide bonds. The molecule has 1 aliphatic carbocycles. The van der Waals surface area contributed by atoms with Crippen LogP contribution in [0.1, 0.15) is 39.0 Å². The molecule has 4 heteroatoms. The number of hydrogen-bond acceptors (Lipinski definition) is 3. The molecule has 0 unspecified atom stereocenters. The first-order valence-electron chi connectivity index (χ1n) is 7.29. The average molecular weight is 305 g/mol. The Labute approximate surface area is 134 Å². The van der Waals surface area contributed by atoms with Gasteiger partial charge in [-0.3, -0.25) is 0 Å². The van der Waals surface area contributed by atoms with Crippen molar-refractivity contribution >= 4 is 11.5 Å². The minimum atomic E-state index is -0.940. The summed E-state index contributed by atoms with van der Waals surface area (Å²) in [6, 6.07) is 12.8. The molecule has 2 aromatic carbocycles. The van der Waals surface area contributed by atoms with E-state index in [1.807, 2.05) is 12.1 Å². The van der Waals surface area contributed by atoms with E-state index in [1.54, 1.807) is 24.3 Å². The molecule has 0 bridgehead atoms. The number of rotatable bonds is 3. The molecule has 0 aliphatic heterocycles. The zero-order valence-electron chi connectivity index (χ0n) is 12.7. The van der Waals surface area contributed by atoms with Crippen molar-refractivity contribution in [3.05, 3.63) is 70.3 Å². The quantitative estimate of drug-likeness (QED) is 0.939. The van der Waals surface area contributed by atoms with E-state index in [1.165, 1.54) is 7.11 Å². The fourth-order valence-electron chi connectivity index (χ4n) is 2.90. The van der Waals surface area contributed by atoms with Crippen molar-refractivity contribution in [3.63, 3.8) is 0 Å². The van der Waals surface area contributed by atoms with E-state index in [-0.39, 0.29) is 5.56 Å². The van der Waals surface area contributed by atoms with Crippen molar-refractivity contribution in [1.82, 2.24) is 0 Å².